The van der Waals surface area contributed by atoms with Crippen LogP contribution in [0.25, 0.3) is 0 Å². The van der Waals surface area contributed by atoms with Gasteiger partial charge in [0.25, 0.3) is 0 Å². The summed E-state index contributed by atoms with van der Waals surface area (Å²) in [5.41, 5.74) is -0.585. The third-order valence-electron chi connectivity index (χ3n) is 5.73. The summed E-state index contributed by atoms with van der Waals surface area (Å²) < 4.78 is 64.8. The number of hydrogen-bond donors (Lipinski definition) is 1. The Kier molecular flexibility index (Phi) is 13.8. The van der Waals surface area contributed by atoms with E-state index >= 15 is 0 Å². The molecule has 2 aromatic carbocycles. The number of alkyl halides is 3. The van der Waals surface area contributed by atoms with Crippen molar-refractivity contribution in [1.29, 1.82) is 0 Å². The Morgan fingerprint density at radius 2 is 1.43 bits per heavy atom. The van der Waals surface area contributed by atoms with E-state index in [0.717, 1.165) is 36.9 Å². The summed E-state index contributed by atoms with van der Waals surface area (Å²) in [5, 5.41) is 2.60. The Balaban J connectivity index is 1.68. The summed E-state index contributed by atoms with van der Waals surface area (Å²) in [6.07, 6.45) is -4.53. The van der Waals surface area contributed by atoms with Gasteiger partial charge in [-0.3, -0.25) is 9.59 Å². The average molecular weight is 598 g/mol. The highest BCUT2D eigenvalue weighted by Crippen LogP contribution is 2.29. The molecule has 0 bridgehead atoms. The van der Waals surface area contributed by atoms with Gasteiger partial charge in [0, 0.05) is 12.1 Å². The number of ether oxygens (including phenoxy) is 5. The van der Waals surface area contributed by atoms with E-state index in [9.17, 15) is 27.6 Å². The zero-order chi connectivity index (χ0) is 31.2. The van der Waals surface area contributed by atoms with Crippen molar-refractivity contribution in [3.63, 3.8) is 0 Å². The predicted molar refractivity (Wildman–Crippen MR) is 147 cm³/mol. The minimum atomic E-state index is -4.52. The first-order chi connectivity index (χ1) is 19.8. The second-order valence-electron chi connectivity index (χ2n) is 10.2. The van der Waals surface area contributed by atoms with Crippen molar-refractivity contribution in [2.45, 2.75) is 45.4 Å². The Morgan fingerprint density at radius 1 is 0.833 bits per heavy atom. The molecule has 1 amide bonds. The highest BCUT2D eigenvalue weighted by atomic mass is 19.4. The summed E-state index contributed by atoms with van der Waals surface area (Å²) in [6.45, 7) is 7.39. The van der Waals surface area contributed by atoms with Crippen LogP contribution in [0.5, 0.6) is 5.75 Å². The molecular formula is C30H38F3NO8. The van der Waals surface area contributed by atoms with Gasteiger partial charge in [-0.15, -0.1) is 0 Å². The van der Waals surface area contributed by atoms with Gasteiger partial charge in [-0.25, -0.2) is 4.79 Å². The topological polar surface area (TPSA) is 109 Å². The van der Waals surface area contributed by atoms with Crippen molar-refractivity contribution < 1.29 is 51.2 Å². The van der Waals surface area contributed by atoms with E-state index in [-0.39, 0.29) is 12.0 Å². The maximum absolute atomic E-state index is 12.9. The molecular weight excluding hydrogens is 559 g/mol. The summed E-state index contributed by atoms with van der Waals surface area (Å²) in [7, 11) is 1.16. The maximum Gasteiger partial charge on any atom is 0.416 e. The van der Waals surface area contributed by atoms with Crippen molar-refractivity contribution in [2.75, 3.05) is 46.7 Å². The van der Waals surface area contributed by atoms with E-state index in [1.807, 2.05) is 0 Å². The second-order valence-corrected chi connectivity index (χ2v) is 10.2. The summed E-state index contributed by atoms with van der Waals surface area (Å²) in [5.74, 6) is -1.89. The molecule has 0 saturated heterocycles. The predicted octanol–water partition coefficient (Wildman–Crippen LogP) is 5.25. The number of methoxy groups -OCH3 is 1. The van der Waals surface area contributed by atoms with Gasteiger partial charge in [-0.1, -0.05) is 24.3 Å². The Hall–Kier alpha value is -3.64. The van der Waals surface area contributed by atoms with Gasteiger partial charge >= 0.3 is 18.2 Å². The van der Waals surface area contributed by atoms with Crippen LogP contribution in [0.1, 0.15) is 48.7 Å². The van der Waals surface area contributed by atoms with Crippen LogP contribution in [0.2, 0.25) is 0 Å². The second kappa shape index (κ2) is 16.7. The number of amides is 1. The molecule has 0 saturated carbocycles. The fraction of sp³-hybridized carbons (Fsp3) is 0.500. The number of benzene rings is 2. The van der Waals surface area contributed by atoms with Crippen LogP contribution in [0, 0.1) is 5.92 Å². The molecule has 0 aliphatic rings. The Bertz CT molecular complexity index is 1130. The van der Waals surface area contributed by atoms with Gasteiger partial charge in [-0.2, -0.15) is 13.2 Å². The number of Topliss-reactive ketones (excluding diaryl/α,β-unsaturated/α-hetero) is 1. The highest BCUT2D eigenvalue weighted by Gasteiger charge is 2.32. The molecule has 0 radical (unpaired) electrons. The fourth-order valence-corrected chi connectivity index (χ4v) is 3.67. The minimum absolute atomic E-state index is 0.00568. The van der Waals surface area contributed by atoms with Crippen molar-refractivity contribution in [1.82, 2.24) is 5.32 Å². The lowest BCUT2D eigenvalue weighted by molar-refractivity contribution is -0.144. The molecule has 1 unspecified atom stereocenters. The summed E-state index contributed by atoms with van der Waals surface area (Å²) >= 11 is 0. The van der Waals surface area contributed by atoms with Gasteiger partial charge in [0.15, 0.2) is 5.78 Å². The number of ketones is 1. The molecule has 1 N–H and O–H groups in total. The molecule has 0 aromatic heterocycles. The lowest BCUT2D eigenvalue weighted by atomic mass is 9.91. The Labute approximate surface area is 243 Å². The zero-order valence-electron chi connectivity index (χ0n) is 24.3. The average Bonchev–Trinajstić information content (AvgIpc) is 2.93. The largest absolute Gasteiger partial charge is 0.491 e. The van der Waals surface area contributed by atoms with Crippen LogP contribution in [0.15, 0.2) is 48.5 Å². The molecule has 0 aliphatic carbocycles. The molecule has 0 aliphatic heterocycles. The first-order valence-electron chi connectivity index (χ1n) is 13.4. The van der Waals surface area contributed by atoms with Gasteiger partial charge in [0.1, 0.15) is 23.9 Å². The lowest BCUT2D eigenvalue weighted by Gasteiger charge is -2.19. The number of aryl methyl sites for hydroxylation is 1. The van der Waals surface area contributed by atoms with Crippen molar-refractivity contribution in [3.8, 4) is 5.75 Å². The molecule has 0 heterocycles. The molecule has 12 heteroatoms. The van der Waals surface area contributed by atoms with E-state index in [1.165, 1.54) is 0 Å². The van der Waals surface area contributed by atoms with Crippen molar-refractivity contribution >= 4 is 17.8 Å². The van der Waals surface area contributed by atoms with E-state index in [2.05, 4.69) is 5.32 Å². The van der Waals surface area contributed by atoms with Gasteiger partial charge in [0.2, 0.25) is 0 Å². The number of hydrogen-bond acceptors (Lipinski definition) is 8. The molecule has 2 aromatic rings. The number of rotatable bonds is 16. The quantitative estimate of drug-likeness (QED) is 0.121. The maximum atomic E-state index is 12.9. The monoisotopic (exact) mass is 597 g/mol. The molecule has 9 nitrogen and oxygen atoms in total. The SMILES string of the molecule is COC(=O)C(CCc1ccc(OCCOCCOCCNC(=O)OC(C)(C)C)cc1)C(=O)c1ccc(C(F)(F)F)cc1. The Morgan fingerprint density at radius 3 is 2.00 bits per heavy atom. The third-order valence-corrected chi connectivity index (χ3v) is 5.73. The number of esters is 1. The van der Waals surface area contributed by atoms with Gasteiger partial charge in [0.05, 0.1) is 39.1 Å². The normalized spacial score (nSPS) is 12.4. The van der Waals surface area contributed by atoms with Crippen LogP contribution in [-0.4, -0.2) is 70.1 Å². The van der Waals surface area contributed by atoms with Crippen LogP contribution >= 0.6 is 0 Å². The molecule has 232 valence electrons. The number of carbonyl (C=O) groups excluding carboxylic acids is 3. The lowest BCUT2D eigenvalue weighted by Crippen LogP contribution is -2.34. The van der Waals surface area contributed by atoms with Gasteiger partial charge < -0.3 is 29.0 Å². The van der Waals surface area contributed by atoms with E-state index in [4.69, 9.17) is 23.7 Å². The van der Waals surface area contributed by atoms with E-state index in [0.29, 0.717) is 51.7 Å². The molecule has 2 rings (SSSR count). The minimum Gasteiger partial charge on any atom is -0.491 e. The summed E-state index contributed by atoms with van der Waals surface area (Å²) in [6, 6.07) is 10.9. The smallest absolute Gasteiger partial charge is 0.416 e. The van der Waals surface area contributed by atoms with Crippen molar-refractivity contribution in [3.05, 3.63) is 65.2 Å². The van der Waals surface area contributed by atoms with Crippen LogP contribution in [0.4, 0.5) is 18.0 Å². The molecule has 1 atom stereocenters. The van der Waals surface area contributed by atoms with E-state index in [1.54, 1.807) is 45.0 Å². The zero-order valence-corrected chi connectivity index (χ0v) is 24.3. The first-order valence-corrected chi connectivity index (χ1v) is 13.4. The summed E-state index contributed by atoms with van der Waals surface area (Å²) in [4.78, 5) is 36.7. The van der Waals surface area contributed by atoms with Crippen molar-refractivity contribution in [2.24, 2.45) is 5.92 Å². The van der Waals surface area contributed by atoms with E-state index < -0.39 is 41.1 Å². The fourth-order valence-electron chi connectivity index (χ4n) is 3.67. The first kappa shape index (κ1) is 34.6. The number of carbonyl (C=O) groups is 3. The molecule has 0 fully saturated rings. The standard InChI is InChI=1S/C30H38F3NO8/c1-29(2,3)42-28(37)34-15-16-39-17-18-40-19-20-41-24-12-5-21(6-13-24)7-14-25(27(36)38-4)26(35)22-8-10-23(11-9-22)30(31,32)33/h5-6,8-13,25H,7,14-20H2,1-4H3,(H,34,37). The number of halogens is 3. The highest BCUT2D eigenvalue weighted by molar-refractivity contribution is 6.08. The van der Waals surface area contributed by atoms with Crippen LogP contribution in [0.3, 0.4) is 0 Å². The molecule has 42 heavy (non-hydrogen) atoms. The molecule has 0 spiro atoms. The number of nitrogens with one attached hydrogen (secondary N) is 1. The van der Waals surface area contributed by atoms with Crippen LogP contribution < -0.4 is 10.1 Å². The van der Waals surface area contributed by atoms with Crippen LogP contribution in [-0.2, 0) is 36.3 Å². The third kappa shape index (κ3) is 12.9. The van der Waals surface area contributed by atoms with Gasteiger partial charge in [-0.05, 0) is 63.4 Å². The number of alkyl carbamates (subject to hydrolysis) is 1.